The second-order valence-electron chi connectivity index (χ2n) is 8.68. The predicted octanol–water partition coefficient (Wildman–Crippen LogP) is 5.22. The van der Waals surface area contributed by atoms with E-state index in [0.29, 0.717) is 35.2 Å². The second-order valence-corrected chi connectivity index (χ2v) is 8.68. The van der Waals surface area contributed by atoms with E-state index in [-0.39, 0.29) is 17.9 Å². The predicted molar refractivity (Wildman–Crippen MR) is 116 cm³/mol. The highest BCUT2D eigenvalue weighted by molar-refractivity contribution is 6.03. The van der Waals surface area contributed by atoms with Gasteiger partial charge >= 0.3 is 0 Å². The van der Waals surface area contributed by atoms with Crippen molar-refractivity contribution >= 4 is 11.6 Å². The van der Waals surface area contributed by atoms with Gasteiger partial charge in [0.2, 0.25) is 0 Å². The summed E-state index contributed by atoms with van der Waals surface area (Å²) in [6, 6.07) is 9.51. The van der Waals surface area contributed by atoms with Crippen molar-refractivity contribution in [3.05, 3.63) is 66.3 Å². The maximum Gasteiger partial charge on any atom is 0.251 e. The number of hydrogen-bond donors (Lipinski definition) is 2. The van der Waals surface area contributed by atoms with Crippen LogP contribution in [0.15, 0.2) is 66.3 Å². The maximum absolute atomic E-state index is 12.4. The first kappa shape index (κ1) is 20.6. The van der Waals surface area contributed by atoms with Gasteiger partial charge in [-0.25, -0.2) is 0 Å². The molecule has 2 aliphatic rings. The van der Waals surface area contributed by atoms with Gasteiger partial charge in [-0.3, -0.25) is 4.79 Å². The number of carbonyl (C=O) groups excluding carboxylic acids is 1. The van der Waals surface area contributed by atoms with Crippen molar-refractivity contribution in [3.8, 4) is 0 Å². The van der Waals surface area contributed by atoms with E-state index in [9.17, 15) is 9.90 Å². The topological polar surface area (TPSA) is 49.3 Å². The zero-order chi connectivity index (χ0) is 20.3. The van der Waals surface area contributed by atoms with Crippen LogP contribution in [0.2, 0.25) is 0 Å². The molecule has 3 heteroatoms. The van der Waals surface area contributed by atoms with Crippen LogP contribution in [0, 0.1) is 35.5 Å². The van der Waals surface area contributed by atoms with Crippen molar-refractivity contribution in [2.75, 3.05) is 5.32 Å². The zero-order valence-electron chi connectivity index (χ0n) is 17.4. The van der Waals surface area contributed by atoms with Crippen LogP contribution < -0.4 is 5.32 Å². The van der Waals surface area contributed by atoms with Crippen LogP contribution in [0.3, 0.4) is 0 Å². The summed E-state index contributed by atoms with van der Waals surface area (Å²) in [5, 5.41) is 13.5. The first-order valence-corrected chi connectivity index (χ1v) is 10.5. The van der Waals surface area contributed by atoms with Gasteiger partial charge in [-0.1, -0.05) is 69.4 Å². The molecule has 3 nitrogen and oxygen atoms in total. The Balaban J connectivity index is 1.70. The van der Waals surface area contributed by atoms with Crippen molar-refractivity contribution in [1.29, 1.82) is 0 Å². The van der Waals surface area contributed by atoms with E-state index in [0.717, 1.165) is 12.1 Å². The monoisotopic (exact) mass is 379 g/mol. The Labute approximate surface area is 169 Å². The Kier molecular flexibility index (Phi) is 6.56. The molecular weight excluding hydrogens is 346 g/mol. The number of rotatable bonds is 4. The Hall–Kier alpha value is -2.13. The molecule has 2 N–H and O–H groups in total. The summed E-state index contributed by atoms with van der Waals surface area (Å²) in [7, 11) is 0. The average Bonchev–Trinajstić information content (AvgIpc) is 2.68. The number of aliphatic hydroxyl groups excluding tert-OH is 1. The molecular formula is C25H33NO2. The van der Waals surface area contributed by atoms with Gasteiger partial charge < -0.3 is 10.4 Å². The number of benzene rings is 1. The standard InChI is InChI=1S/C25H33NO2/c1-16-13-14-20-15-18(3)24(27)19(4)23(20)22(16)12-8-9-17(2)25(28)26-21-10-6-5-7-11-21/h5-14,16,18-20,22-24,27H,15H2,1-4H3,(H,26,28)/b12-8+,17-9+/t16-,18+,19-,20-,22-,23-,24-/m0/s1. The number of anilines is 1. The fourth-order valence-electron chi connectivity index (χ4n) is 4.96. The molecule has 7 atom stereocenters. The minimum absolute atomic E-state index is 0.0828. The maximum atomic E-state index is 12.4. The molecule has 0 unspecified atom stereocenters. The summed E-state index contributed by atoms with van der Waals surface area (Å²) < 4.78 is 0. The van der Waals surface area contributed by atoms with Gasteiger partial charge in [0.15, 0.2) is 0 Å². The number of aliphatic hydroxyl groups is 1. The number of carbonyl (C=O) groups is 1. The number of para-hydroxylation sites is 1. The molecule has 1 aromatic rings. The molecule has 0 aliphatic heterocycles. The summed E-state index contributed by atoms with van der Waals surface area (Å²) in [5.74, 6) is 2.35. The molecule has 0 heterocycles. The third-order valence-corrected chi connectivity index (χ3v) is 6.65. The van der Waals surface area contributed by atoms with E-state index in [1.165, 1.54) is 0 Å². The van der Waals surface area contributed by atoms with Gasteiger partial charge in [-0.15, -0.1) is 0 Å². The lowest BCUT2D eigenvalue weighted by Gasteiger charge is -2.48. The van der Waals surface area contributed by atoms with Crippen molar-refractivity contribution in [2.45, 2.75) is 40.2 Å². The highest BCUT2D eigenvalue weighted by Crippen LogP contribution is 2.48. The van der Waals surface area contributed by atoms with Crippen molar-refractivity contribution in [3.63, 3.8) is 0 Å². The summed E-state index contributed by atoms with van der Waals surface area (Å²) in [5.41, 5.74) is 1.48. The SMILES string of the molecule is C/C(=C\C=C\[C@@H]1[C@H]2[C@H](C)[C@@H](O)[C@H](C)C[C@@H]2C=C[C@@H]1C)C(=O)Nc1ccccc1. The van der Waals surface area contributed by atoms with E-state index in [1.807, 2.05) is 49.4 Å². The number of hydrogen-bond acceptors (Lipinski definition) is 2. The van der Waals surface area contributed by atoms with Gasteiger partial charge in [0.1, 0.15) is 0 Å². The average molecular weight is 380 g/mol. The second kappa shape index (κ2) is 8.91. The van der Waals surface area contributed by atoms with Crippen molar-refractivity contribution in [2.24, 2.45) is 35.5 Å². The molecule has 3 rings (SSSR count). The van der Waals surface area contributed by atoms with Crippen LogP contribution in [0.1, 0.15) is 34.1 Å². The summed E-state index contributed by atoms with van der Waals surface area (Å²) in [6.07, 6.45) is 11.7. The summed E-state index contributed by atoms with van der Waals surface area (Å²) >= 11 is 0. The number of fused-ring (bicyclic) bond motifs is 1. The lowest BCUT2D eigenvalue weighted by Crippen LogP contribution is -2.46. The van der Waals surface area contributed by atoms with Crippen molar-refractivity contribution in [1.82, 2.24) is 0 Å². The van der Waals surface area contributed by atoms with E-state index in [1.54, 1.807) is 0 Å². The van der Waals surface area contributed by atoms with Crippen LogP contribution in [0.4, 0.5) is 5.69 Å². The lowest BCUT2D eigenvalue weighted by atomic mass is 9.58. The smallest absolute Gasteiger partial charge is 0.251 e. The minimum Gasteiger partial charge on any atom is -0.393 e. The number of nitrogens with one attached hydrogen (secondary N) is 1. The zero-order valence-corrected chi connectivity index (χ0v) is 17.4. The van der Waals surface area contributed by atoms with Crippen LogP contribution in [-0.4, -0.2) is 17.1 Å². The largest absolute Gasteiger partial charge is 0.393 e. The Bertz CT molecular complexity index is 764. The van der Waals surface area contributed by atoms with Crippen LogP contribution >= 0.6 is 0 Å². The van der Waals surface area contributed by atoms with Crippen LogP contribution in [0.25, 0.3) is 0 Å². The van der Waals surface area contributed by atoms with Gasteiger partial charge in [-0.2, -0.15) is 0 Å². The molecule has 0 bridgehead atoms. The highest BCUT2D eigenvalue weighted by atomic mass is 16.3. The molecule has 1 aromatic carbocycles. The molecule has 0 spiro atoms. The third-order valence-electron chi connectivity index (χ3n) is 6.65. The molecule has 2 aliphatic carbocycles. The quantitative estimate of drug-likeness (QED) is 0.428. The summed E-state index contributed by atoms with van der Waals surface area (Å²) in [4.78, 5) is 12.4. The fraction of sp³-hybridized carbons (Fsp3) is 0.480. The molecule has 0 saturated heterocycles. The number of allylic oxidation sites excluding steroid dienone is 5. The molecule has 0 aromatic heterocycles. The van der Waals surface area contributed by atoms with E-state index in [2.05, 4.69) is 44.3 Å². The molecule has 28 heavy (non-hydrogen) atoms. The number of amides is 1. The van der Waals surface area contributed by atoms with Gasteiger partial charge in [0, 0.05) is 11.3 Å². The lowest BCUT2D eigenvalue weighted by molar-refractivity contribution is -0.112. The van der Waals surface area contributed by atoms with E-state index >= 15 is 0 Å². The Morgan fingerprint density at radius 1 is 1.14 bits per heavy atom. The Morgan fingerprint density at radius 3 is 2.57 bits per heavy atom. The molecule has 0 radical (unpaired) electrons. The third kappa shape index (κ3) is 4.47. The van der Waals surface area contributed by atoms with E-state index < -0.39 is 0 Å². The van der Waals surface area contributed by atoms with E-state index in [4.69, 9.17) is 0 Å². The van der Waals surface area contributed by atoms with Crippen LogP contribution in [0.5, 0.6) is 0 Å². The molecule has 1 amide bonds. The normalized spacial score (nSPS) is 35.6. The first-order chi connectivity index (χ1) is 13.4. The molecule has 1 fully saturated rings. The van der Waals surface area contributed by atoms with Gasteiger partial charge in [0.25, 0.3) is 5.91 Å². The molecule has 1 saturated carbocycles. The van der Waals surface area contributed by atoms with Gasteiger partial charge in [-0.05, 0) is 61.0 Å². The van der Waals surface area contributed by atoms with Gasteiger partial charge in [0.05, 0.1) is 6.10 Å². The Morgan fingerprint density at radius 2 is 1.86 bits per heavy atom. The molecule has 150 valence electrons. The van der Waals surface area contributed by atoms with Crippen LogP contribution in [-0.2, 0) is 4.79 Å². The van der Waals surface area contributed by atoms with Crippen molar-refractivity contribution < 1.29 is 9.90 Å². The highest BCUT2D eigenvalue weighted by Gasteiger charge is 2.44. The minimum atomic E-state index is -0.232. The first-order valence-electron chi connectivity index (χ1n) is 10.5. The summed E-state index contributed by atoms with van der Waals surface area (Å²) in [6.45, 7) is 8.44. The fourth-order valence-corrected chi connectivity index (χ4v) is 4.96.